The van der Waals surface area contributed by atoms with E-state index in [1.54, 1.807) is 22.7 Å². The molecule has 0 unspecified atom stereocenters. The van der Waals surface area contributed by atoms with Crippen LogP contribution in [0.5, 0.6) is 0 Å². The number of rotatable bonds is 6. The predicted molar refractivity (Wildman–Crippen MR) is 229 cm³/mol. The average Bonchev–Trinajstić information content (AvgIpc) is 3.97. The first-order valence-corrected chi connectivity index (χ1v) is 19.9. The third kappa shape index (κ3) is 5.66. The molecule has 0 N–H and O–H groups in total. The molecule has 11 rings (SSSR count). The molecule has 8 heteroatoms. The SMILES string of the molecule is C1=CC(c2nc(-c3ccccc3)nc(-c3ccc4nc(-c5cccc(-c6ccc7c(c6)c6ccccc6n7-c6nc7ccccc7s6)c5)sc4c3)n2)=CCC1. The maximum atomic E-state index is 5.09. The molecule has 0 radical (unpaired) electrons. The van der Waals surface area contributed by atoms with E-state index in [9.17, 15) is 0 Å². The summed E-state index contributed by atoms with van der Waals surface area (Å²) < 4.78 is 4.57. The first kappa shape index (κ1) is 31.9. The van der Waals surface area contributed by atoms with Crippen LogP contribution < -0.4 is 0 Å². The summed E-state index contributed by atoms with van der Waals surface area (Å²) in [5.74, 6) is 2.02. The molecule has 0 amide bonds. The Hall–Kier alpha value is -6.61. The molecule has 55 heavy (non-hydrogen) atoms. The van der Waals surface area contributed by atoms with Crippen LogP contribution in [0.4, 0.5) is 0 Å². The first-order valence-electron chi connectivity index (χ1n) is 18.3. The standard InChI is InChI=1S/C47H30N6S2/c1-3-12-29(13-4-1)43-50-44(30-14-5-2-6-15-30)52-45(51-43)33-22-24-38-42(28-33)54-46(48-38)34-17-11-16-31(26-34)32-23-25-40-36(27-32)35-18-7-9-20-39(35)53(40)47-49-37-19-8-10-21-41(37)55-47/h1,3-5,7-28H,2,6H2. The molecule has 0 bridgehead atoms. The molecule has 0 aliphatic heterocycles. The summed E-state index contributed by atoms with van der Waals surface area (Å²) in [6.45, 7) is 0. The maximum absolute atomic E-state index is 5.09. The van der Waals surface area contributed by atoms with Crippen molar-refractivity contribution in [3.63, 3.8) is 0 Å². The van der Waals surface area contributed by atoms with E-state index in [0.717, 1.165) is 83.1 Å². The lowest BCUT2D eigenvalue weighted by Crippen LogP contribution is -2.03. The van der Waals surface area contributed by atoms with Crippen LogP contribution in [0.15, 0.2) is 158 Å². The van der Waals surface area contributed by atoms with E-state index in [4.69, 9.17) is 24.9 Å². The highest BCUT2D eigenvalue weighted by atomic mass is 32.1. The summed E-state index contributed by atoms with van der Waals surface area (Å²) in [6.07, 6.45) is 8.52. The number of hydrogen-bond donors (Lipinski definition) is 0. The van der Waals surface area contributed by atoms with Crippen molar-refractivity contribution in [3.05, 3.63) is 164 Å². The van der Waals surface area contributed by atoms with Crippen LogP contribution >= 0.6 is 22.7 Å². The van der Waals surface area contributed by atoms with E-state index in [1.165, 1.54) is 15.5 Å². The summed E-state index contributed by atoms with van der Waals surface area (Å²) in [5, 5.41) is 4.37. The van der Waals surface area contributed by atoms with Crippen molar-refractivity contribution in [2.75, 3.05) is 0 Å². The van der Waals surface area contributed by atoms with Crippen molar-refractivity contribution in [1.29, 1.82) is 0 Å². The number of benzene rings is 6. The Morgan fingerprint density at radius 1 is 0.455 bits per heavy atom. The van der Waals surface area contributed by atoms with Crippen molar-refractivity contribution >= 4 is 70.5 Å². The summed E-state index contributed by atoms with van der Waals surface area (Å²) in [5.41, 5.74) is 10.6. The van der Waals surface area contributed by atoms with Gasteiger partial charge in [0.25, 0.3) is 0 Å². The maximum Gasteiger partial charge on any atom is 0.195 e. The summed E-state index contributed by atoms with van der Waals surface area (Å²) in [7, 11) is 0. The van der Waals surface area contributed by atoms with Gasteiger partial charge < -0.3 is 0 Å². The third-order valence-corrected chi connectivity index (χ3v) is 12.2. The summed E-state index contributed by atoms with van der Waals surface area (Å²) >= 11 is 3.41. The van der Waals surface area contributed by atoms with E-state index >= 15 is 0 Å². The van der Waals surface area contributed by atoms with Crippen LogP contribution in [0.2, 0.25) is 0 Å². The lowest BCUT2D eigenvalue weighted by molar-refractivity contribution is 1.01. The molecule has 1 aliphatic rings. The van der Waals surface area contributed by atoms with Crippen LogP contribution in [0, 0.1) is 0 Å². The van der Waals surface area contributed by atoms with E-state index in [2.05, 4.69) is 126 Å². The van der Waals surface area contributed by atoms with Crippen molar-refractivity contribution in [3.8, 4) is 49.6 Å². The molecule has 4 heterocycles. The van der Waals surface area contributed by atoms with Crippen LogP contribution in [0.3, 0.4) is 0 Å². The van der Waals surface area contributed by atoms with Gasteiger partial charge in [0, 0.05) is 33.0 Å². The smallest absolute Gasteiger partial charge is 0.195 e. The lowest BCUT2D eigenvalue weighted by Gasteiger charge is -2.10. The van der Waals surface area contributed by atoms with Gasteiger partial charge in [-0.2, -0.15) is 0 Å². The topological polar surface area (TPSA) is 69.4 Å². The van der Waals surface area contributed by atoms with Crippen LogP contribution in [0.25, 0.3) is 97.4 Å². The van der Waals surface area contributed by atoms with Gasteiger partial charge in [-0.1, -0.05) is 114 Å². The number of hydrogen-bond acceptors (Lipinski definition) is 7. The van der Waals surface area contributed by atoms with E-state index in [1.807, 2.05) is 36.4 Å². The number of fused-ring (bicyclic) bond motifs is 5. The fourth-order valence-corrected chi connectivity index (χ4v) is 9.46. The number of allylic oxidation sites excluding steroid dienone is 4. The Morgan fingerprint density at radius 3 is 2.07 bits per heavy atom. The molecule has 10 aromatic rings. The average molecular weight is 743 g/mol. The second kappa shape index (κ2) is 13.1. The predicted octanol–water partition coefficient (Wildman–Crippen LogP) is 12.6. The molecular formula is C47H30N6S2. The largest absolute Gasteiger partial charge is 0.285 e. The number of aromatic nitrogens is 6. The second-order valence-corrected chi connectivity index (χ2v) is 15.7. The minimum atomic E-state index is 0.655. The van der Waals surface area contributed by atoms with Gasteiger partial charge in [0.05, 0.1) is 31.5 Å². The number of para-hydroxylation sites is 2. The van der Waals surface area contributed by atoms with Crippen molar-refractivity contribution < 1.29 is 0 Å². The fourth-order valence-electron chi connectivity index (χ4n) is 7.46. The zero-order chi connectivity index (χ0) is 36.3. The molecule has 0 saturated heterocycles. The molecular weight excluding hydrogens is 713 g/mol. The number of nitrogens with zero attached hydrogens (tertiary/aromatic N) is 6. The Bertz CT molecular complexity index is 3140. The van der Waals surface area contributed by atoms with E-state index in [-0.39, 0.29) is 0 Å². The third-order valence-electron chi connectivity index (χ3n) is 10.2. The minimum absolute atomic E-state index is 0.655. The quantitative estimate of drug-likeness (QED) is 0.170. The van der Waals surface area contributed by atoms with Gasteiger partial charge in [-0.3, -0.25) is 4.57 Å². The Balaban J connectivity index is 0.962. The van der Waals surface area contributed by atoms with E-state index in [0.29, 0.717) is 17.5 Å². The fraction of sp³-hybridized carbons (Fsp3) is 0.0426. The second-order valence-electron chi connectivity index (χ2n) is 13.6. The Labute approximate surface area is 324 Å². The first-order chi connectivity index (χ1) is 27.2. The van der Waals surface area contributed by atoms with Gasteiger partial charge in [0.2, 0.25) is 0 Å². The van der Waals surface area contributed by atoms with Gasteiger partial charge in [-0.25, -0.2) is 24.9 Å². The molecule has 4 aromatic heterocycles. The monoisotopic (exact) mass is 742 g/mol. The van der Waals surface area contributed by atoms with Crippen molar-refractivity contribution in [2.24, 2.45) is 0 Å². The molecule has 0 atom stereocenters. The van der Waals surface area contributed by atoms with Crippen LogP contribution in [0.1, 0.15) is 18.7 Å². The summed E-state index contributed by atoms with van der Waals surface area (Å²) in [6, 6.07) is 48.9. The lowest BCUT2D eigenvalue weighted by atomic mass is 10.0. The molecule has 260 valence electrons. The van der Waals surface area contributed by atoms with Gasteiger partial charge in [-0.15, -0.1) is 11.3 Å². The zero-order valence-corrected chi connectivity index (χ0v) is 31.1. The van der Waals surface area contributed by atoms with Gasteiger partial charge in [-0.05, 0) is 78.6 Å². The van der Waals surface area contributed by atoms with Gasteiger partial charge in [0.15, 0.2) is 22.6 Å². The summed E-state index contributed by atoms with van der Waals surface area (Å²) in [4.78, 5) is 24.9. The van der Waals surface area contributed by atoms with Gasteiger partial charge in [0.1, 0.15) is 5.01 Å². The van der Waals surface area contributed by atoms with E-state index < -0.39 is 0 Å². The molecule has 1 aliphatic carbocycles. The minimum Gasteiger partial charge on any atom is -0.285 e. The van der Waals surface area contributed by atoms with Gasteiger partial charge >= 0.3 is 0 Å². The molecule has 0 saturated carbocycles. The number of thiazole rings is 2. The highest BCUT2D eigenvalue weighted by Gasteiger charge is 2.18. The molecule has 6 nitrogen and oxygen atoms in total. The molecule has 0 spiro atoms. The van der Waals surface area contributed by atoms with Crippen molar-refractivity contribution in [2.45, 2.75) is 12.8 Å². The zero-order valence-electron chi connectivity index (χ0n) is 29.4. The Kier molecular flexibility index (Phi) is 7.57. The highest BCUT2D eigenvalue weighted by molar-refractivity contribution is 7.21. The van der Waals surface area contributed by atoms with Crippen LogP contribution in [-0.2, 0) is 0 Å². The molecule has 0 fully saturated rings. The van der Waals surface area contributed by atoms with Crippen LogP contribution in [-0.4, -0.2) is 29.5 Å². The van der Waals surface area contributed by atoms with Crippen molar-refractivity contribution in [1.82, 2.24) is 29.5 Å². The normalized spacial score (nSPS) is 13.0. The molecule has 6 aromatic carbocycles. The highest BCUT2D eigenvalue weighted by Crippen LogP contribution is 2.39. The Morgan fingerprint density at radius 2 is 1.18 bits per heavy atom.